The van der Waals surface area contributed by atoms with Crippen molar-refractivity contribution in [1.29, 1.82) is 5.26 Å². The van der Waals surface area contributed by atoms with Crippen molar-refractivity contribution in [1.82, 2.24) is 4.57 Å². The fourth-order valence-electron chi connectivity index (χ4n) is 2.83. The van der Waals surface area contributed by atoms with E-state index in [0.29, 0.717) is 13.0 Å². The molecule has 2 aromatic carbocycles. The van der Waals surface area contributed by atoms with E-state index in [0.717, 1.165) is 32.2 Å². The Kier molecular flexibility index (Phi) is 5.55. The van der Waals surface area contributed by atoms with Gasteiger partial charge in [0.15, 0.2) is 0 Å². The number of anilines is 1. The number of aromatic nitrogens is 1. The lowest BCUT2D eigenvalue weighted by Crippen LogP contribution is -2.08. The van der Waals surface area contributed by atoms with Crippen LogP contribution in [0.1, 0.15) is 17.5 Å². The Balaban J connectivity index is 1.83. The van der Waals surface area contributed by atoms with Crippen molar-refractivity contribution < 1.29 is 4.79 Å². The Morgan fingerprint density at radius 3 is 2.92 bits per heavy atom. The number of nitrogens with zero attached hydrogens (tertiary/aromatic N) is 2. The largest absolute Gasteiger partial charge is 0.346 e. The van der Waals surface area contributed by atoms with Crippen LogP contribution in [0.2, 0.25) is 0 Å². The molecule has 5 heteroatoms. The molecule has 0 saturated carbocycles. The molecule has 0 atom stereocenters. The SMILES string of the molecule is Cc1ccc(Br)cc1NC(=O)C=Cc1cn(CCC#N)c2ccccc12. The Labute approximate surface area is 160 Å². The Morgan fingerprint density at radius 2 is 2.12 bits per heavy atom. The number of carbonyl (C=O) groups excluding carboxylic acids is 1. The predicted molar refractivity (Wildman–Crippen MR) is 109 cm³/mol. The lowest BCUT2D eigenvalue weighted by molar-refractivity contribution is -0.111. The van der Waals surface area contributed by atoms with E-state index in [1.807, 2.05) is 61.7 Å². The van der Waals surface area contributed by atoms with Crippen LogP contribution in [-0.2, 0) is 11.3 Å². The highest BCUT2D eigenvalue weighted by Crippen LogP contribution is 2.23. The number of amides is 1. The van der Waals surface area contributed by atoms with Crippen LogP contribution >= 0.6 is 15.9 Å². The van der Waals surface area contributed by atoms with Crippen molar-refractivity contribution >= 4 is 44.5 Å². The first-order valence-corrected chi connectivity index (χ1v) is 9.08. The number of fused-ring (bicyclic) bond motifs is 1. The van der Waals surface area contributed by atoms with Gasteiger partial charge in [0.25, 0.3) is 0 Å². The number of halogens is 1. The van der Waals surface area contributed by atoms with Gasteiger partial charge in [0.1, 0.15) is 0 Å². The number of nitriles is 1. The van der Waals surface area contributed by atoms with Crippen LogP contribution in [0.3, 0.4) is 0 Å². The molecule has 1 aromatic heterocycles. The normalized spacial score (nSPS) is 11.0. The lowest BCUT2D eigenvalue weighted by atomic mass is 10.1. The topological polar surface area (TPSA) is 57.8 Å². The van der Waals surface area contributed by atoms with E-state index in [2.05, 4.69) is 31.9 Å². The molecular formula is C21H18BrN3O. The van der Waals surface area contributed by atoms with Gasteiger partial charge in [-0.2, -0.15) is 5.26 Å². The molecule has 0 fully saturated rings. The second-order valence-corrected chi connectivity index (χ2v) is 6.90. The molecule has 0 spiro atoms. The average Bonchev–Trinajstić information content (AvgIpc) is 2.99. The standard InChI is InChI=1S/C21H18BrN3O/c1-15-7-9-17(22)13-19(15)24-21(26)10-8-16-14-25(12-4-11-23)20-6-3-2-5-18(16)20/h2-3,5-10,13-14H,4,12H2,1H3,(H,24,26). The number of nitrogens with one attached hydrogen (secondary N) is 1. The van der Waals surface area contributed by atoms with Crippen molar-refractivity contribution in [3.05, 3.63) is 70.3 Å². The number of rotatable bonds is 5. The minimum absolute atomic E-state index is 0.181. The molecule has 1 N–H and O–H groups in total. The second kappa shape index (κ2) is 8.03. The maximum Gasteiger partial charge on any atom is 0.248 e. The van der Waals surface area contributed by atoms with Gasteiger partial charge in [-0.15, -0.1) is 0 Å². The molecular weight excluding hydrogens is 390 g/mol. The van der Waals surface area contributed by atoms with E-state index in [1.54, 1.807) is 0 Å². The van der Waals surface area contributed by atoms with Gasteiger partial charge >= 0.3 is 0 Å². The number of benzene rings is 2. The molecule has 0 bridgehead atoms. The highest BCUT2D eigenvalue weighted by molar-refractivity contribution is 9.10. The van der Waals surface area contributed by atoms with E-state index < -0.39 is 0 Å². The summed E-state index contributed by atoms with van der Waals surface area (Å²) in [5, 5.41) is 12.8. The molecule has 1 heterocycles. The summed E-state index contributed by atoms with van der Waals surface area (Å²) >= 11 is 3.42. The number of hydrogen-bond acceptors (Lipinski definition) is 2. The predicted octanol–water partition coefficient (Wildman–Crippen LogP) is 5.28. The van der Waals surface area contributed by atoms with Gasteiger partial charge in [0.2, 0.25) is 5.91 Å². The van der Waals surface area contributed by atoms with Gasteiger partial charge in [-0.05, 0) is 36.8 Å². The van der Waals surface area contributed by atoms with Gasteiger partial charge in [-0.3, -0.25) is 4.79 Å². The highest BCUT2D eigenvalue weighted by atomic mass is 79.9. The third kappa shape index (κ3) is 4.04. The molecule has 1 amide bonds. The van der Waals surface area contributed by atoms with E-state index >= 15 is 0 Å². The second-order valence-electron chi connectivity index (χ2n) is 5.98. The van der Waals surface area contributed by atoms with Crippen molar-refractivity contribution in [2.75, 3.05) is 5.32 Å². The van der Waals surface area contributed by atoms with Crippen molar-refractivity contribution in [2.24, 2.45) is 0 Å². The van der Waals surface area contributed by atoms with Gasteiger partial charge < -0.3 is 9.88 Å². The zero-order chi connectivity index (χ0) is 18.5. The Hall–Kier alpha value is -2.84. The first-order valence-electron chi connectivity index (χ1n) is 8.28. The molecule has 0 radical (unpaired) electrons. The molecule has 26 heavy (non-hydrogen) atoms. The summed E-state index contributed by atoms with van der Waals surface area (Å²) in [7, 11) is 0. The summed E-state index contributed by atoms with van der Waals surface area (Å²) < 4.78 is 2.97. The summed E-state index contributed by atoms with van der Waals surface area (Å²) in [6.45, 7) is 2.59. The lowest BCUT2D eigenvalue weighted by Gasteiger charge is -2.06. The third-order valence-corrected chi connectivity index (χ3v) is 4.65. The van der Waals surface area contributed by atoms with Crippen LogP contribution in [0.15, 0.2) is 59.2 Å². The van der Waals surface area contributed by atoms with Crippen LogP contribution in [0.5, 0.6) is 0 Å². The molecule has 0 aliphatic heterocycles. The third-order valence-electron chi connectivity index (χ3n) is 4.16. The minimum Gasteiger partial charge on any atom is -0.346 e. The van der Waals surface area contributed by atoms with E-state index in [-0.39, 0.29) is 5.91 Å². The van der Waals surface area contributed by atoms with Crippen molar-refractivity contribution in [3.8, 4) is 6.07 Å². The van der Waals surface area contributed by atoms with Crippen LogP contribution in [-0.4, -0.2) is 10.5 Å². The maximum atomic E-state index is 12.3. The molecule has 4 nitrogen and oxygen atoms in total. The van der Waals surface area contributed by atoms with Crippen LogP contribution in [0, 0.1) is 18.3 Å². The molecule has 0 aliphatic rings. The van der Waals surface area contributed by atoms with Crippen LogP contribution in [0.25, 0.3) is 17.0 Å². The van der Waals surface area contributed by atoms with Gasteiger partial charge in [-0.25, -0.2) is 0 Å². The van der Waals surface area contributed by atoms with Crippen LogP contribution in [0.4, 0.5) is 5.69 Å². The minimum atomic E-state index is -0.181. The summed E-state index contributed by atoms with van der Waals surface area (Å²) in [6.07, 6.45) is 5.78. The fraction of sp³-hybridized carbons (Fsp3) is 0.143. The first kappa shape index (κ1) is 18.0. The smallest absolute Gasteiger partial charge is 0.248 e. The zero-order valence-corrected chi connectivity index (χ0v) is 16.0. The van der Waals surface area contributed by atoms with Crippen LogP contribution < -0.4 is 5.32 Å². The zero-order valence-electron chi connectivity index (χ0n) is 14.4. The Bertz CT molecular complexity index is 1030. The first-order chi connectivity index (χ1) is 12.6. The molecule has 0 aliphatic carbocycles. The number of hydrogen-bond donors (Lipinski definition) is 1. The Morgan fingerprint density at radius 1 is 1.31 bits per heavy atom. The van der Waals surface area contributed by atoms with Crippen molar-refractivity contribution in [2.45, 2.75) is 19.9 Å². The molecule has 0 unspecified atom stereocenters. The van der Waals surface area contributed by atoms with Crippen molar-refractivity contribution in [3.63, 3.8) is 0 Å². The maximum absolute atomic E-state index is 12.3. The number of para-hydroxylation sites is 1. The van der Waals surface area contributed by atoms with E-state index in [4.69, 9.17) is 5.26 Å². The number of aryl methyl sites for hydroxylation is 2. The van der Waals surface area contributed by atoms with Gasteiger partial charge in [-0.1, -0.05) is 40.2 Å². The van der Waals surface area contributed by atoms with E-state index in [1.165, 1.54) is 6.08 Å². The summed E-state index contributed by atoms with van der Waals surface area (Å²) in [5.41, 5.74) is 3.80. The summed E-state index contributed by atoms with van der Waals surface area (Å²) in [5.74, 6) is -0.181. The molecule has 130 valence electrons. The fourth-order valence-corrected chi connectivity index (χ4v) is 3.19. The quantitative estimate of drug-likeness (QED) is 0.584. The molecule has 3 aromatic rings. The highest BCUT2D eigenvalue weighted by Gasteiger charge is 2.07. The molecule has 3 rings (SSSR count). The monoisotopic (exact) mass is 407 g/mol. The summed E-state index contributed by atoms with van der Waals surface area (Å²) in [6, 6.07) is 15.9. The van der Waals surface area contributed by atoms with Gasteiger partial charge in [0, 0.05) is 45.4 Å². The molecule has 0 saturated heterocycles. The number of carbonyl (C=O) groups is 1. The van der Waals surface area contributed by atoms with E-state index in [9.17, 15) is 4.79 Å². The summed E-state index contributed by atoms with van der Waals surface area (Å²) in [4.78, 5) is 12.3. The van der Waals surface area contributed by atoms with Gasteiger partial charge in [0.05, 0.1) is 12.5 Å². The average molecular weight is 408 g/mol.